The van der Waals surface area contributed by atoms with Crippen LogP contribution in [-0.2, 0) is 16.5 Å². The molecule has 2 rings (SSSR count). The number of allylic oxidation sites excluding steroid dienone is 2. The standard InChI is InChI=1S/C18H18O4S/c1-3-4-8-15-13-16(22-23(2,20)21)11-12-17(15)18(19)14-9-6-5-7-10-14/h3-7,9-13H,8H2,1-2H3/b4-3+. The monoisotopic (exact) mass is 330 g/mol. The molecule has 0 saturated carbocycles. The second-order valence-corrected chi connectivity index (χ2v) is 6.65. The van der Waals surface area contributed by atoms with E-state index in [2.05, 4.69) is 0 Å². The van der Waals surface area contributed by atoms with E-state index in [0.717, 1.165) is 11.8 Å². The molecule has 2 aromatic carbocycles. The summed E-state index contributed by atoms with van der Waals surface area (Å²) in [6.45, 7) is 1.88. The second-order valence-electron chi connectivity index (χ2n) is 5.07. The smallest absolute Gasteiger partial charge is 0.306 e. The van der Waals surface area contributed by atoms with Crippen molar-refractivity contribution in [1.82, 2.24) is 0 Å². The highest BCUT2D eigenvalue weighted by Gasteiger charge is 2.15. The molecule has 2 aromatic rings. The maximum Gasteiger partial charge on any atom is 0.306 e. The molecule has 0 aliphatic carbocycles. The summed E-state index contributed by atoms with van der Waals surface area (Å²) in [5, 5.41) is 0. The summed E-state index contributed by atoms with van der Waals surface area (Å²) in [6.07, 6.45) is 5.29. The molecule has 0 fully saturated rings. The Labute approximate surface area is 136 Å². The van der Waals surface area contributed by atoms with Gasteiger partial charge in [0.05, 0.1) is 6.26 Å². The lowest BCUT2D eigenvalue weighted by molar-refractivity contribution is 0.103. The predicted molar refractivity (Wildman–Crippen MR) is 90.3 cm³/mol. The molecule has 0 saturated heterocycles. The average molecular weight is 330 g/mol. The van der Waals surface area contributed by atoms with E-state index >= 15 is 0 Å². The highest BCUT2D eigenvalue weighted by Crippen LogP contribution is 2.22. The van der Waals surface area contributed by atoms with E-state index in [-0.39, 0.29) is 11.5 Å². The molecule has 4 nitrogen and oxygen atoms in total. The lowest BCUT2D eigenvalue weighted by Gasteiger charge is -2.10. The zero-order chi connectivity index (χ0) is 16.9. The summed E-state index contributed by atoms with van der Waals surface area (Å²) in [6, 6.07) is 13.7. The van der Waals surface area contributed by atoms with Gasteiger partial charge in [0, 0.05) is 11.1 Å². The van der Waals surface area contributed by atoms with E-state index in [9.17, 15) is 13.2 Å². The number of ketones is 1. The van der Waals surface area contributed by atoms with E-state index < -0.39 is 10.1 Å². The Kier molecular flexibility index (Phi) is 5.34. The summed E-state index contributed by atoms with van der Waals surface area (Å²) in [7, 11) is -3.60. The fourth-order valence-corrected chi connectivity index (χ4v) is 2.63. The van der Waals surface area contributed by atoms with Crippen molar-refractivity contribution in [2.24, 2.45) is 0 Å². The third-order valence-electron chi connectivity index (χ3n) is 3.18. The molecule has 0 spiro atoms. The molecule has 0 bridgehead atoms. The molecule has 0 aliphatic heterocycles. The van der Waals surface area contributed by atoms with Gasteiger partial charge in [-0.3, -0.25) is 4.79 Å². The Bertz CT molecular complexity index is 821. The molecule has 120 valence electrons. The van der Waals surface area contributed by atoms with Crippen molar-refractivity contribution in [3.05, 3.63) is 77.4 Å². The molecule has 0 unspecified atom stereocenters. The van der Waals surface area contributed by atoms with Crippen LogP contribution in [0.25, 0.3) is 0 Å². The van der Waals surface area contributed by atoms with Gasteiger partial charge in [-0.2, -0.15) is 8.42 Å². The Hall–Kier alpha value is -2.40. The lowest BCUT2D eigenvalue weighted by atomic mass is 9.96. The van der Waals surface area contributed by atoms with Crippen LogP contribution in [-0.4, -0.2) is 20.5 Å². The third kappa shape index (κ3) is 4.79. The number of carbonyl (C=O) groups is 1. The molecule has 0 radical (unpaired) electrons. The Morgan fingerprint density at radius 2 is 1.83 bits per heavy atom. The number of benzene rings is 2. The van der Waals surface area contributed by atoms with Crippen molar-refractivity contribution in [2.45, 2.75) is 13.3 Å². The van der Waals surface area contributed by atoms with Crippen LogP contribution in [0.2, 0.25) is 0 Å². The minimum Gasteiger partial charge on any atom is -0.383 e. The molecule has 0 N–H and O–H groups in total. The first-order valence-electron chi connectivity index (χ1n) is 7.14. The first kappa shape index (κ1) is 17.0. The van der Waals surface area contributed by atoms with Gasteiger partial charge in [-0.25, -0.2) is 0 Å². The predicted octanol–water partition coefficient (Wildman–Crippen LogP) is 3.37. The van der Waals surface area contributed by atoms with Crippen LogP contribution in [0.3, 0.4) is 0 Å². The van der Waals surface area contributed by atoms with Gasteiger partial charge in [0.2, 0.25) is 0 Å². The van der Waals surface area contributed by atoms with Crippen molar-refractivity contribution in [2.75, 3.05) is 6.26 Å². The zero-order valence-corrected chi connectivity index (χ0v) is 13.8. The maximum absolute atomic E-state index is 12.6. The highest BCUT2D eigenvalue weighted by molar-refractivity contribution is 7.86. The van der Waals surface area contributed by atoms with Gasteiger partial charge in [-0.15, -0.1) is 0 Å². The normalized spacial score (nSPS) is 11.6. The van der Waals surface area contributed by atoms with Gasteiger partial charge >= 0.3 is 10.1 Å². The molecule has 5 heteroatoms. The molecule has 0 amide bonds. The van der Waals surface area contributed by atoms with E-state index in [0.29, 0.717) is 17.5 Å². The number of hydrogen-bond donors (Lipinski definition) is 0. The van der Waals surface area contributed by atoms with Crippen LogP contribution >= 0.6 is 0 Å². The van der Waals surface area contributed by atoms with Gasteiger partial charge in [-0.05, 0) is 37.1 Å². The van der Waals surface area contributed by atoms with Crippen molar-refractivity contribution < 1.29 is 17.4 Å². The van der Waals surface area contributed by atoms with Crippen molar-refractivity contribution >= 4 is 15.9 Å². The van der Waals surface area contributed by atoms with E-state index in [1.807, 2.05) is 25.1 Å². The quantitative estimate of drug-likeness (QED) is 0.463. The largest absolute Gasteiger partial charge is 0.383 e. The summed E-state index contributed by atoms with van der Waals surface area (Å²) in [5.74, 6) is 0.104. The number of carbonyl (C=O) groups excluding carboxylic acids is 1. The fraction of sp³-hybridized carbons (Fsp3) is 0.167. The van der Waals surface area contributed by atoms with Crippen LogP contribution < -0.4 is 4.18 Å². The minimum atomic E-state index is -3.60. The average Bonchev–Trinajstić information content (AvgIpc) is 2.52. The lowest BCUT2D eigenvalue weighted by Crippen LogP contribution is -2.09. The third-order valence-corrected chi connectivity index (χ3v) is 3.67. The number of rotatable bonds is 6. The molecule has 0 heterocycles. The first-order chi connectivity index (χ1) is 10.9. The van der Waals surface area contributed by atoms with Gasteiger partial charge in [-0.1, -0.05) is 42.5 Å². The van der Waals surface area contributed by atoms with Crippen LogP contribution in [0.5, 0.6) is 5.75 Å². The SMILES string of the molecule is C/C=C/Cc1cc(OS(C)(=O)=O)ccc1C(=O)c1ccccc1. The van der Waals surface area contributed by atoms with Crippen molar-refractivity contribution in [1.29, 1.82) is 0 Å². The van der Waals surface area contributed by atoms with Gasteiger partial charge in [0.1, 0.15) is 5.75 Å². The van der Waals surface area contributed by atoms with Crippen molar-refractivity contribution in [3.8, 4) is 5.75 Å². The highest BCUT2D eigenvalue weighted by atomic mass is 32.2. The van der Waals surface area contributed by atoms with Gasteiger partial charge in [0.15, 0.2) is 5.78 Å². The second kappa shape index (κ2) is 7.24. The summed E-state index contributed by atoms with van der Waals surface area (Å²) in [4.78, 5) is 12.6. The van der Waals surface area contributed by atoms with E-state index in [4.69, 9.17) is 4.18 Å². The van der Waals surface area contributed by atoms with Crippen LogP contribution in [0.4, 0.5) is 0 Å². The molecular weight excluding hydrogens is 312 g/mol. The van der Waals surface area contributed by atoms with E-state index in [1.54, 1.807) is 36.4 Å². The summed E-state index contributed by atoms with van der Waals surface area (Å²) in [5.41, 5.74) is 1.85. The topological polar surface area (TPSA) is 60.4 Å². The molecule has 0 aromatic heterocycles. The molecular formula is C18H18O4S. The minimum absolute atomic E-state index is 0.101. The van der Waals surface area contributed by atoms with Crippen LogP contribution in [0.15, 0.2) is 60.7 Å². The summed E-state index contributed by atoms with van der Waals surface area (Å²) >= 11 is 0. The van der Waals surface area contributed by atoms with Crippen molar-refractivity contribution in [3.63, 3.8) is 0 Å². The molecule has 23 heavy (non-hydrogen) atoms. The Balaban J connectivity index is 2.44. The zero-order valence-electron chi connectivity index (χ0n) is 13.0. The van der Waals surface area contributed by atoms with Gasteiger partial charge < -0.3 is 4.18 Å². The number of hydrogen-bond acceptors (Lipinski definition) is 4. The summed E-state index contributed by atoms with van der Waals surface area (Å²) < 4.78 is 27.4. The van der Waals surface area contributed by atoms with Crippen LogP contribution in [0.1, 0.15) is 28.4 Å². The van der Waals surface area contributed by atoms with E-state index in [1.165, 1.54) is 6.07 Å². The molecule has 0 aliphatic rings. The van der Waals surface area contributed by atoms with Gasteiger partial charge in [0.25, 0.3) is 0 Å². The van der Waals surface area contributed by atoms with Crippen LogP contribution in [0, 0.1) is 0 Å². The first-order valence-corrected chi connectivity index (χ1v) is 8.95. The maximum atomic E-state index is 12.6. The Morgan fingerprint density at radius 3 is 2.43 bits per heavy atom. The molecule has 0 atom stereocenters. The fourth-order valence-electron chi connectivity index (χ4n) is 2.18. The Morgan fingerprint density at radius 1 is 1.13 bits per heavy atom.